The van der Waals surface area contributed by atoms with E-state index in [0.717, 1.165) is 35.3 Å². The number of aromatic amines is 1. The van der Waals surface area contributed by atoms with Gasteiger partial charge < -0.3 is 14.8 Å². The van der Waals surface area contributed by atoms with Crippen LogP contribution in [0.5, 0.6) is 11.5 Å². The van der Waals surface area contributed by atoms with Gasteiger partial charge in [-0.25, -0.2) is 9.97 Å². The number of aromatic nitrogens is 6. The minimum atomic E-state index is -0.268. The van der Waals surface area contributed by atoms with Crippen LogP contribution < -0.4 is 4.74 Å². The van der Waals surface area contributed by atoms with Crippen LogP contribution >= 0.6 is 11.6 Å². The average molecular weight is 447 g/mol. The summed E-state index contributed by atoms with van der Waals surface area (Å²) >= 11 is 6.68. The molecule has 2 aromatic carbocycles. The number of imidazole rings is 1. The van der Waals surface area contributed by atoms with E-state index in [0.29, 0.717) is 33.2 Å². The van der Waals surface area contributed by atoms with E-state index in [1.165, 1.54) is 0 Å². The number of aliphatic hydroxyl groups excluding tert-OH is 1. The van der Waals surface area contributed by atoms with Crippen molar-refractivity contribution < 1.29 is 9.84 Å². The first-order valence-electron chi connectivity index (χ1n) is 10.3. The number of aliphatic hydroxyl groups is 1. The lowest BCUT2D eigenvalue weighted by atomic mass is 10.2. The molecule has 2 N–H and O–H groups in total. The molecule has 160 valence electrons. The number of H-pyrrole nitrogens is 1. The molecule has 0 saturated heterocycles. The SMILES string of the molecule is Cc1nc2ccc(Oc3ccc4ncc(-c5cnn(C6(CO)CC6)c5)nc4c3Cl)cc2[nH]1. The van der Waals surface area contributed by atoms with Gasteiger partial charge in [0.15, 0.2) is 0 Å². The minimum Gasteiger partial charge on any atom is -0.456 e. The Bertz CT molecular complexity index is 1490. The molecule has 0 spiro atoms. The van der Waals surface area contributed by atoms with E-state index in [2.05, 4.69) is 20.1 Å². The minimum absolute atomic E-state index is 0.0773. The van der Waals surface area contributed by atoms with Gasteiger partial charge in [0.1, 0.15) is 27.9 Å². The van der Waals surface area contributed by atoms with Crippen LogP contribution in [-0.2, 0) is 5.54 Å². The Labute approximate surface area is 187 Å². The van der Waals surface area contributed by atoms with Crippen LogP contribution in [0.3, 0.4) is 0 Å². The molecule has 0 atom stereocenters. The Hall–Kier alpha value is -3.49. The first-order chi connectivity index (χ1) is 15.5. The number of halogens is 1. The maximum absolute atomic E-state index is 9.65. The topological polar surface area (TPSA) is 102 Å². The van der Waals surface area contributed by atoms with Crippen LogP contribution in [0.15, 0.2) is 48.9 Å². The quantitative estimate of drug-likeness (QED) is 0.409. The lowest BCUT2D eigenvalue weighted by Gasteiger charge is -2.11. The highest BCUT2D eigenvalue weighted by Crippen LogP contribution is 2.43. The van der Waals surface area contributed by atoms with Crippen LogP contribution in [0.2, 0.25) is 5.02 Å². The molecule has 1 saturated carbocycles. The highest BCUT2D eigenvalue weighted by molar-refractivity contribution is 6.36. The second kappa shape index (κ2) is 7.01. The molecule has 1 fully saturated rings. The predicted molar refractivity (Wildman–Crippen MR) is 121 cm³/mol. The van der Waals surface area contributed by atoms with Crippen LogP contribution in [-0.4, -0.2) is 41.4 Å². The van der Waals surface area contributed by atoms with Crippen molar-refractivity contribution in [3.05, 3.63) is 59.8 Å². The normalized spacial score (nSPS) is 14.8. The van der Waals surface area contributed by atoms with Gasteiger partial charge in [-0.15, -0.1) is 0 Å². The third-order valence-corrected chi connectivity index (χ3v) is 6.27. The number of benzene rings is 2. The molecule has 3 aromatic heterocycles. The van der Waals surface area contributed by atoms with Gasteiger partial charge >= 0.3 is 0 Å². The van der Waals surface area contributed by atoms with Gasteiger partial charge in [0.05, 0.1) is 46.8 Å². The van der Waals surface area contributed by atoms with Crippen molar-refractivity contribution in [1.82, 2.24) is 29.7 Å². The Balaban J connectivity index is 1.35. The summed E-state index contributed by atoms with van der Waals surface area (Å²) in [5.74, 6) is 1.99. The fourth-order valence-electron chi connectivity index (χ4n) is 3.87. The van der Waals surface area contributed by atoms with E-state index in [9.17, 15) is 5.11 Å². The van der Waals surface area contributed by atoms with Gasteiger partial charge in [-0.1, -0.05) is 11.6 Å². The number of hydrogen-bond donors (Lipinski definition) is 2. The van der Waals surface area contributed by atoms with E-state index in [4.69, 9.17) is 21.3 Å². The maximum atomic E-state index is 9.65. The van der Waals surface area contributed by atoms with E-state index in [1.807, 2.05) is 42.1 Å². The molecule has 0 radical (unpaired) electrons. The molecule has 8 nitrogen and oxygen atoms in total. The highest BCUT2D eigenvalue weighted by Gasteiger charge is 2.45. The van der Waals surface area contributed by atoms with Crippen molar-refractivity contribution in [2.24, 2.45) is 0 Å². The van der Waals surface area contributed by atoms with Crippen molar-refractivity contribution in [2.75, 3.05) is 6.61 Å². The number of fused-ring (bicyclic) bond motifs is 2. The summed E-state index contributed by atoms with van der Waals surface area (Å²) in [4.78, 5) is 16.9. The number of nitrogens with zero attached hydrogens (tertiary/aromatic N) is 5. The standard InChI is InChI=1S/C23H19ClN6O2/c1-13-27-16-3-2-15(8-18(16)28-13)32-20-5-4-17-22(21(20)24)29-19(10-25-17)14-9-26-30(11-14)23(12-31)6-7-23/h2-5,8-11,31H,6-7,12H2,1H3,(H,27,28). The Morgan fingerprint density at radius 1 is 1.16 bits per heavy atom. The van der Waals surface area contributed by atoms with E-state index in [1.54, 1.807) is 18.5 Å². The third kappa shape index (κ3) is 3.11. The van der Waals surface area contributed by atoms with Gasteiger partial charge in [0, 0.05) is 17.8 Å². The second-order valence-corrected chi connectivity index (χ2v) is 8.54. The molecule has 0 amide bonds. The Morgan fingerprint density at radius 3 is 2.81 bits per heavy atom. The van der Waals surface area contributed by atoms with Crippen molar-refractivity contribution in [1.29, 1.82) is 0 Å². The molecular weight excluding hydrogens is 428 g/mol. The average Bonchev–Trinajstić information content (AvgIpc) is 3.27. The van der Waals surface area contributed by atoms with Crippen LogP contribution in [0.4, 0.5) is 0 Å². The van der Waals surface area contributed by atoms with Crippen LogP contribution in [0.1, 0.15) is 18.7 Å². The zero-order valence-corrected chi connectivity index (χ0v) is 18.0. The van der Waals surface area contributed by atoms with Gasteiger partial charge in [-0.05, 0) is 44.0 Å². The fourth-order valence-corrected chi connectivity index (χ4v) is 4.11. The van der Waals surface area contributed by atoms with Crippen molar-refractivity contribution in [3.8, 4) is 22.8 Å². The second-order valence-electron chi connectivity index (χ2n) is 8.16. The molecule has 3 heterocycles. The van der Waals surface area contributed by atoms with Gasteiger partial charge in [0.2, 0.25) is 0 Å². The van der Waals surface area contributed by atoms with Crippen LogP contribution in [0, 0.1) is 6.92 Å². The van der Waals surface area contributed by atoms with E-state index in [-0.39, 0.29) is 12.1 Å². The molecule has 0 bridgehead atoms. The molecule has 32 heavy (non-hydrogen) atoms. The molecule has 6 rings (SSSR count). The number of nitrogens with one attached hydrogen (secondary N) is 1. The lowest BCUT2D eigenvalue weighted by Crippen LogP contribution is -2.21. The zero-order valence-electron chi connectivity index (χ0n) is 17.2. The molecule has 1 aliphatic carbocycles. The number of hydrogen-bond acceptors (Lipinski definition) is 6. The largest absolute Gasteiger partial charge is 0.456 e. The van der Waals surface area contributed by atoms with Crippen molar-refractivity contribution in [3.63, 3.8) is 0 Å². The Kier molecular flexibility index (Phi) is 4.21. The van der Waals surface area contributed by atoms with Crippen molar-refractivity contribution >= 4 is 33.7 Å². The number of rotatable bonds is 5. The first-order valence-corrected chi connectivity index (χ1v) is 10.7. The monoisotopic (exact) mass is 446 g/mol. The fraction of sp³-hybridized carbons (Fsp3) is 0.217. The van der Waals surface area contributed by atoms with E-state index < -0.39 is 0 Å². The summed E-state index contributed by atoms with van der Waals surface area (Å²) < 4.78 is 7.88. The molecule has 0 unspecified atom stereocenters. The van der Waals surface area contributed by atoms with Crippen molar-refractivity contribution in [2.45, 2.75) is 25.3 Å². The maximum Gasteiger partial charge on any atom is 0.148 e. The molecule has 0 aliphatic heterocycles. The molecule has 9 heteroatoms. The third-order valence-electron chi connectivity index (χ3n) is 5.90. The van der Waals surface area contributed by atoms with Gasteiger partial charge in [0.25, 0.3) is 0 Å². The molecule has 1 aliphatic rings. The summed E-state index contributed by atoms with van der Waals surface area (Å²) in [6, 6.07) is 9.27. The number of ether oxygens (including phenoxy) is 1. The summed E-state index contributed by atoms with van der Waals surface area (Å²) in [6.45, 7) is 1.99. The molecule has 5 aromatic rings. The summed E-state index contributed by atoms with van der Waals surface area (Å²) in [5, 5.41) is 14.5. The van der Waals surface area contributed by atoms with E-state index >= 15 is 0 Å². The highest BCUT2D eigenvalue weighted by atomic mass is 35.5. The van der Waals surface area contributed by atoms with Gasteiger partial charge in [-0.3, -0.25) is 9.67 Å². The lowest BCUT2D eigenvalue weighted by molar-refractivity contribution is 0.202. The van der Waals surface area contributed by atoms with Crippen LogP contribution in [0.25, 0.3) is 33.3 Å². The van der Waals surface area contributed by atoms with Gasteiger partial charge in [-0.2, -0.15) is 5.10 Å². The summed E-state index contributed by atoms with van der Waals surface area (Å²) in [6.07, 6.45) is 7.18. The molecular formula is C23H19ClN6O2. The predicted octanol–water partition coefficient (Wildman–Crippen LogP) is 4.61. The Morgan fingerprint density at radius 2 is 2.00 bits per heavy atom. The summed E-state index contributed by atoms with van der Waals surface area (Å²) in [7, 11) is 0. The number of aryl methyl sites for hydroxylation is 1. The summed E-state index contributed by atoms with van der Waals surface area (Å²) in [5.41, 5.74) is 4.21. The first kappa shape index (κ1) is 19.2. The zero-order chi connectivity index (χ0) is 21.9. The smallest absolute Gasteiger partial charge is 0.148 e.